The van der Waals surface area contributed by atoms with Crippen LogP contribution in [0.3, 0.4) is 0 Å². The van der Waals surface area contributed by atoms with Crippen molar-refractivity contribution in [3.05, 3.63) is 23.7 Å². The van der Waals surface area contributed by atoms with Crippen LogP contribution in [-0.2, 0) is 10.2 Å². The third-order valence-electron chi connectivity index (χ3n) is 3.80. The molecule has 2 aliphatic rings. The molecule has 0 radical (unpaired) electrons. The summed E-state index contributed by atoms with van der Waals surface area (Å²) < 4.78 is 0. The number of aromatic nitrogens is 4. The number of fused-ring (bicyclic) bond motifs is 2. The van der Waals surface area contributed by atoms with Crippen molar-refractivity contribution in [1.29, 1.82) is 0 Å². The van der Waals surface area contributed by atoms with Gasteiger partial charge in [0.25, 0.3) is 0 Å². The van der Waals surface area contributed by atoms with E-state index in [4.69, 9.17) is 0 Å². The molecule has 0 atom stereocenters. The Kier molecular flexibility index (Phi) is 1.83. The van der Waals surface area contributed by atoms with Crippen LogP contribution in [-0.4, -0.2) is 26.1 Å². The van der Waals surface area contributed by atoms with Crippen LogP contribution < -0.4 is 10.6 Å². The number of nitrogens with one attached hydrogen (secondary N) is 3. The number of carbonyl (C=O) groups excluding carboxylic acids is 1. The van der Waals surface area contributed by atoms with Crippen LogP contribution in [0.15, 0.2) is 12.4 Å². The second-order valence-corrected chi connectivity index (χ2v) is 5.03. The van der Waals surface area contributed by atoms with Gasteiger partial charge < -0.3 is 10.6 Å². The lowest BCUT2D eigenvalue weighted by molar-refractivity contribution is -0.117. The highest BCUT2D eigenvalue weighted by Gasteiger charge is 2.57. The van der Waals surface area contributed by atoms with Crippen LogP contribution in [0.25, 0.3) is 0 Å². The summed E-state index contributed by atoms with van der Waals surface area (Å²) in [7, 11) is 0. The van der Waals surface area contributed by atoms with E-state index in [2.05, 4.69) is 30.8 Å². The number of H-pyrrole nitrogens is 1. The zero-order valence-electron chi connectivity index (χ0n) is 10.3. The minimum Gasteiger partial charge on any atom is -0.321 e. The molecule has 96 valence electrons. The van der Waals surface area contributed by atoms with Gasteiger partial charge in [0.1, 0.15) is 5.82 Å². The molecule has 1 spiro atoms. The smallest absolute Gasteiger partial charge is 0.236 e. The molecular formula is C12H12N6O. The summed E-state index contributed by atoms with van der Waals surface area (Å²) in [6.07, 6.45) is 5.20. The normalized spacial score (nSPS) is 18.3. The Morgan fingerprint density at radius 1 is 1.37 bits per heavy atom. The lowest BCUT2D eigenvalue weighted by atomic mass is 10.0. The van der Waals surface area contributed by atoms with Crippen LogP contribution in [0.1, 0.15) is 24.1 Å². The summed E-state index contributed by atoms with van der Waals surface area (Å²) in [5, 5.41) is 12.7. The highest BCUT2D eigenvalue weighted by molar-refractivity contribution is 6.07. The van der Waals surface area contributed by atoms with Gasteiger partial charge in [-0.15, -0.1) is 0 Å². The lowest BCUT2D eigenvalue weighted by Gasteiger charge is -2.06. The van der Waals surface area contributed by atoms with Crippen molar-refractivity contribution in [3.63, 3.8) is 0 Å². The molecule has 0 bridgehead atoms. The number of amides is 1. The Labute approximate surface area is 108 Å². The van der Waals surface area contributed by atoms with Crippen molar-refractivity contribution in [2.75, 3.05) is 10.6 Å². The number of aromatic amines is 1. The van der Waals surface area contributed by atoms with Gasteiger partial charge >= 0.3 is 0 Å². The SMILES string of the molecule is Cc1[nH]ncc1Nc1ncc2c(n1)NC(=O)C21CC1. The van der Waals surface area contributed by atoms with E-state index < -0.39 is 0 Å². The molecule has 1 fully saturated rings. The van der Waals surface area contributed by atoms with Crippen LogP contribution in [0.2, 0.25) is 0 Å². The fourth-order valence-electron chi connectivity index (χ4n) is 2.46. The van der Waals surface area contributed by atoms with E-state index in [1.54, 1.807) is 12.4 Å². The summed E-state index contributed by atoms with van der Waals surface area (Å²) in [6, 6.07) is 0. The third-order valence-corrected chi connectivity index (χ3v) is 3.80. The van der Waals surface area contributed by atoms with E-state index >= 15 is 0 Å². The van der Waals surface area contributed by atoms with Gasteiger partial charge in [-0.3, -0.25) is 9.89 Å². The molecule has 2 aromatic rings. The number of carbonyl (C=O) groups is 1. The van der Waals surface area contributed by atoms with Crippen LogP contribution in [0.5, 0.6) is 0 Å². The zero-order chi connectivity index (χ0) is 13.0. The minimum atomic E-state index is -0.334. The monoisotopic (exact) mass is 256 g/mol. The summed E-state index contributed by atoms with van der Waals surface area (Å²) in [6.45, 7) is 1.91. The first kappa shape index (κ1) is 10.5. The highest BCUT2D eigenvalue weighted by atomic mass is 16.2. The molecule has 4 rings (SSSR count). The van der Waals surface area contributed by atoms with Gasteiger partial charge in [0, 0.05) is 11.8 Å². The number of rotatable bonds is 2. The van der Waals surface area contributed by atoms with Crippen molar-refractivity contribution in [2.45, 2.75) is 25.2 Å². The molecule has 3 N–H and O–H groups in total. The Balaban J connectivity index is 1.69. The average Bonchev–Trinajstić information content (AvgIpc) is 3.03. The Bertz CT molecular complexity index is 687. The van der Waals surface area contributed by atoms with Crippen molar-refractivity contribution in [1.82, 2.24) is 20.2 Å². The predicted molar refractivity (Wildman–Crippen MR) is 68.2 cm³/mol. The maximum Gasteiger partial charge on any atom is 0.236 e. The van der Waals surface area contributed by atoms with Crippen LogP contribution in [0, 0.1) is 6.92 Å². The van der Waals surface area contributed by atoms with Gasteiger partial charge in [-0.05, 0) is 19.8 Å². The largest absolute Gasteiger partial charge is 0.321 e. The second-order valence-electron chi connectivity index (χ2n) is 5.03. The van der Waals surface area contributed by atoms with E-state index in [0.29, 0.717) is 11.8 Å². The fraction of sp³-hybridized carbons (Fsp3) is 0.333. The molecule has 7 heteroatoms. The van der Waals surface area contributed by atoms with Crippen molar-refractivity contribution in [2.24, 2.45) is 0 Å². The van der Waals surface area contributed by atoms with Crippen molar-refractivity contribution in [3.8, 4) is 0 Å². The highest BCUT2D eigenvalue weighted by Crippen LogP contribution is 2.54. The molecule has 1 aliphatic heterocycles. The first-order valence-electron chi connectivity index (χ1n) is 6.15. The van der Waals surface area contributed by atoms with E-state index in [1.165, 1.54) is 0 Å². The number of hydrogen-bond acceptors (Lipinski definition) is 5. The number of anilines is 3. The summed E-state index contributed by atoms with van der Waals surface area (Å²) >= 11 is 0. The predicted octanol–water partition coefficient (Wildman–Crippen LogP) is 1.24. The standard InChI is InChI=1S/C12H12N6O/c1-6-8(5-14-18-6)15-11-13-4-7-9(17-11)16-10(19)12(7)2-3-12/h4-5H,2-3H2,1H3,(H,14,18)(H2,13,15,16,17,19). The van der Waals surface area contributed by atoms with Gasteiger partial charge in [0.15, 0.2) is 0 Å². The maximum absolute atomic E-state index is 11.9. The topological polar surface area (TPSA) is 95.6 Å². The molecule has 0 aromatic carbocycles. The Hall–Kier alpha value is -2.44. The molecule has 3 heterocycles. The molecule has 0 unspecified atom stereocenters. The van der Waals surface area contributed by atoms with E-state index in [9.17, 15) is 4.79 Å². The Morgan fingerprint density at radius 2 is 2.21 bits per heavy atom. The molecular weight excluding hydrogens is 244 g/mol. The van der Waals surface area contributed by atoms with Crippen LogP contribution >= 0.6 is 0 Å². The Morgan fingerprint density at radius 3 is 2.89 bits per heavy atom. The van der Waals surface area contributed by atoms with Gasteiger partial charge in [-0.2, -0.15) is 10.1 Å². The van der Waals surface area contributed by atoms with Gasteiger partial charge in [0.05, 0.1) is 23.0 Å². The van der Waals surface area contributed by atoms with Crippen molar-refractivity contribution >= 4 is 23.4 Å². The van der Waals surface area contributed by atoms with Gasteiger partial charge in [0.2, 0.25) is 11.9 Å². The molecule has 2 aromatic heterocycles. The fourth-order valence-corrected chi connectivity index (χ4v) is 2.46. The molecule has 7 nitrogen and oxygen atoms in total. The average molecular weight is 256 g/mol. The molecule has 0 saturated heterocycles. The van der Waals surface area contributed by atoms with Gasteiger partial charge in [-0.25, -0.2) is 4.98 Å². The minimum absolute atomic E-state index is 0.0495. The first-order valence-corrected chi connectivity index (χ1v) is 6.15. The maximum atomic E-state index is 11.9. The third kappa shape index (κ3) is 1.38. The summed E-state index contributed by atoms with van der Waals surface area (Å²) in [5.41, 5.74) is 2.32. The quantitative estimate of drug-likeness (QED) is 0.751. The van der Waals surface area contributed by atoms with E-state index in [0.717, 1.165) is 29.8 Å². The number of hydrogen-bond donors (Lipinski definition) is 3. The van der Waals surface area contributed by atoms with Crippen molar-refractivity contribution < 1.29 is 4.79 Å². The molecule has 1 amide bonds. The summed E-state index contributed by atoms with van der Waals surface area (Å²) in [4.78, 5) is 20.5. The zero-order valence-corrected chi connectivity index (χ0v) is 10.3. The van der Waals surface area contributed by atoms with E-state index in [1.807, 2.05) is 6.92 Å². The first-order chi connectivity index (χ1) is 9.19. The number of nitrogens with zero attached hydrogens (tertiary/aromatic N) is 3. The number of aryl methyl sites for hydroxylation is 1. The lowest BCUT2D eigenvalue weighted by Crippen LogP contribution is -2.18. The van der Waals surface area contributed by atoms with Crippen LogP contribution in [0.4, 0.5) is 17.5 Å². The summed E-state index contributed by atoms with van der Waals surface area (Å²) in [5.74, 6) is 1.14. The molecule has 19 heavy (non-hydrogen) atoms. The van der Waals surface area contributed by atoms with E-state index in [-0.39, 0.29) is 11.3 Å². The molecule has 1 saturated carbocycles. The van der Waals surface area contributed by atoms with Gasteiger partial charge in [-0.1, -0.05) is 0 Å². The molecule has 1 aliphatic carbocycles. The second kappa shape index (κ2) is 3.31.